The zero-order valence-electron chi connectivity index (χ0n) is 16.6. The minimum absolute atomic E-state index is 0.0600. The molecule has 2 saturated heterocycles. The molecular formula is C21H28N6O2. The highest BCUT2D eigenvalue weighted by Crippen LogP contribution is 2.34. The molecule has 0 bridgehead atoms. The maximum Gasteiger partial charge on any atom is 0.318 e. The van der Waals surface area contributed by atoms with Gasteiger partial charge in [0.25, 0.3) is 0 Å². The lowest BCUT2D eigenvalue weighted by molar-refractivity contribution is -0.136. The summed E-state index contributed by atoms with van der Waals surface area (Å²) in [5, 5.41) is 3.15. The van der Waals surface area contributed by atoms with E-state index >= 15 is 0 Å². The van der Waals surface area contributed by atoms with Gasteiger partial charge in [-0.25, -0.2) is 9.78 Å². The summed E-state index contributed by atoms with van der Waals surface area (Å²) in [6.07, 6.45) is 11.4. The predicted molar refractivity (Wildman–Crippen MR) is 108 cm³/mol. The van der Waals surface area contributed by atoms with Crippen molar-refractivity contribution in [3.8, 4) is 0 Å². The first-order chi connectivity index (χ1) is 14.2. The Morgan fingerprint density at radius 1 is 1.03 bits per heavy atom. The van der Waals surface area contributed by atoms with E-state index in [1.54, 1.807) is 17.3 Å². The Kier molecular flexibility index (Phi) is 4.85. The summed E-state index contributed by atoms with van der Waals surface area (Å²) >= 11 is 0. The third-order valence-electron chi connectivity index (χ3n) is 6.63. The van der Waals surface area contributed by atoms with Gasteiger partial charge in [-0.15, -0.1) is 0 Å². The molecule has 3 amide bonds. The Morgan fingerprint density at radius 2 is 1.83 bits per heavy atom. The van der Waals surface area contributed by atoms with Crippen LogP contribution in [0.4, 0.5) is 4.79 Å². The van der Waals surface area contributed by atoms with Crippen molar-refractivity contribution in [1.82, 2.24) is 30.1 Å². The van der Waals surface area contributed by atoms with Gasteiger partial charge >= 0.3 is 6.03 Å². The first-order valence-corrected chi connectivity index (χ1v) is 10.9. The van der Waals surface area contributed by atoms with Gasteiger partial charge in [0.15, 0.2) is 0 Å². The fraction of sp³-hybridized carbons (Fsp3) is 0.619. The number of urea groups is 1. The molecule has 2 aliphatic heterocycles. The summed E-state index contributed by atoms with van der Waals surface area (Å²) in [5.41, 5.74) is 1.76. The number of nitrogens with one attached hydrogen (secondary N) is 2. The van der Waals surface area contributed by atoms with Crippen molar-refractivity contribution in [2.45, 2.75) is 69.5 Å². The van der Waals surface area contributed by atoms with E-state index in [0.29, 0.717) is 13.1 Å². The molecule has 8 nitrogen and oxygen atoms in total. The lowest BCUT2D eigenvalue weighted by atomic mass is 10.1. The molecule has 3 fully saturated rings. The number of carbonyl (C=O) groups is 2. The monoisotopic (exact) mass is 396 g/mol. The van der Waals surface area contributed by atoms with E-state index in [0.717, 1.165) is 55.4 Å². The molecule has 1 saturated carbocycles. The Hall–Kier alpha value is -2.64. The van der Waals surface area contributed by atoms with E-state index in [1.165, 1.54) is 12.8 Å². The number of pyridine rings is 1. The van der Waals surface area contributed by atoms with E-state index in [-0.39, 0.29) is 30.1 Å². The van der Waals surface area contributed by atoms with Crippen molar-refractivity contribution in [3.05, 3.63) is 24.3 Å². The number of fused-ring (bicyclic) bond motifs is 1. The molecule has 8 heteroatoms. The summed E-state index contributed by atoms with van der Waals surface area (Å²) in [6, 6.07) is 1.65. The van der Waals surface area contributed by atoms with E-state index in [1.807, 2.05) is 11.0 Å². The molecule has 0 aromatic carbocycles. The van der Waals surface area contributed by atoms with Crippen LogP contribution in [0.15, 0.2) is 18.5 Å². The fourth-order valence-electron chi connectivity index (χ4n) is 5.13. The number of carbonyl (C=O) groups excluding carboxylic acids is 2. The third-order valence-corrected chi connectivity index (χ3v) is 6.63. The summed E-state index contributed by atoms with van der Waals surface area (Å²) < 4.78 is 0. The number of hydrogen-bond acceptors (Lipinski definition) is 4. The van der Waals surface area contributed by atoms with Crippen LogP contribution in [-0.2, 0) is 4.79 Å². The Balaban J connectivity index is 1.32. The second-order valence-electron chi connectivity index (χ2n) is 8.49. The van der Waals surface area contributed by atoms with Gasteiger partial charge in [0, 0.05) is 25.3 Å². The van der Waals surface area contributed by atoms with Crippen LogP contribution in [0.1, 0.15) is 63.2 Å². The van der Waals surface area contributed by atoms with Crippen LogP contribution in [0.2, 0.25) is 0 Å². The summed E-state index contributed by atoms with van der Waals surface area (Å²) in [4.78, 5) is 42.1. The maximum atomic E-state index is 13.4. The average Bonchev–Trinajstić information content (AvgIpc) is 3.53. The van der Waals surface area contributed by atoms with Gasteiger partial charge < -0.3 is 20.1 Å². The maximum absolute atomic E-state index is 13.4. The smallest absolute Gasteiger partial charge is 0.318 e. The highest BCUT2D eigenvalue weighted by molar-refractivity contribution is 5.88. The van der Waals surface area contributed by atoms with Crippen molar-refractivity contribution in [2.75, 3.05) is 13.1 Å². The lowest BCUT2D eigenvalue weighted by Gasteiger charge is -2.31. The van der Waals surface area contributed by atoms with Crippen molar-refractivity contribution in [3.63, 3.8) is 0 Å². The molecule has 29 heavy (non-hydrogen) atoms. The summed E-state index contributed by atoms with van der Waals surface area (Å²) in [6.45, 7) is 1.37. The van der Waals surface area contributed by atoms with E-state index in [2.05, 4.69) is 15.3 Å². The number of imidazole rings is 1. The number of rotatable bonds is 3. The molecule has 3 aliphatic rings. The molecule has 4 heterocycles. The minimum atomic E-state index is -0.358. The van der Waals surface area contributed by atoms with E-state index in [4.69, 9.17) is 4.98 Å². The van der Waals surface area contributed by atoms with Crippen LogP contribution in [0.3, 0.4) is 0 Å². The molecule has 2 aromatic heterocycles. The van der Waals surface area contributed by atoms with Gasteiger partial charge in [0.05, 0.1) is 23.3 Å². The van der Waals surface area contributed by atoms with Crippen LogP contribution in [0.25, 0.3) is 11.0 Å². The molecule has 2 aromatic rings. The predicted octanol–water partition coefficient (Wildman–Crippen LogP) is 2.74. The quantitative estimate of drug-likeness (QED) is 0.834. The lowest BCUT2D eigenvalue weighted by Crippen LogP contribution is -2.52. The fourth-order valence-corrected chi connectivity index (χ4v) is 5.13. The van der Waals surface area contributed by atoms with E-state index < -0.39 is 0 Å². The molecule has 154 valence electrons. The first kappa shape index (κ1) is 18.4. The SMILES string of the molecule is O=C(NC1CCCC1)N1CCCC1C(=O)N1CCCC1c1nc2ccncc2[nH]1. The first-order valence-electron chi connectivity index (χ1n) is 10.9. The number of H-pyrrole nitrogens is 1. The van der Waals surface area contributed by atoms with E-state index in [9.17, 15) is 9.59 Å². The second-order valence-corrected chi connectivity index (χ2v) is 8.49. The largest absolute Gasteiger partial charge is 0.339 e. The molecule has 5 rings (SSSR count). The number of aromatic amines is 1. The van der Waals surface area contributed by atoms with Gasteiger partial charge in [-0.1, -0.05) is 12.8 Å². The zero-order chi connectivity index (χ0) is 19.8. The van der Waals surface area contributed by atoms with Gasteiger partial charge in [-0.3, -0.25) is 9.78 Å². The van der Waals surface area contributed by atoms with Gasteiger partial charge in [-0.2, -0.15) is 0 Å². The molecule has 2 N–H and O–H groups in total. The Morgan fingerprint density at radius 3 is 2.66 bits per heavy atom. The zero-order valence-corrected chi connectivity index (χ0v) is 16.6. The van der Waals surface area contributed by atoms with Crippen molar-refractivity contribution < 1.29 is 9.59 Å². The van der Waals surface area contributed by atoms with Crippen molar-refractivity contribution >= 4 is 23.0 Å². The van der Waals surface area contributed by atoms with Gasteiger partial charge in [0.1, 0.15) is 11.9 Å². The van der Waals surface area contributed by atoms with Crippen LogP contribution < -0.4 is 5.32 Å². The van der Waals surface area contributed by atoms with Gasteiger partial charge in [0.2, 0.25) is 5.91 Å². The molecule has 0 radical (unpaired) electrons. The molecule has 0 spiro atoms. The van der Waals surface area contributed by atoms with Crippen LogP contribution in [-0.4, -0.2) is 61.9 Å². The minimum Gasteiger partial charge on any atom is -0.339 e. The number of likely N-dealkylation sites (tertiary alicyclic amines) is 2. The number of nitrogens with zero attached hydrogens (tertiary/aromatic N) is 4. The normalized spacial score (nSPS) is 25.2. The summed E-state index contributed by atoms with van der Waals surface area (Å²) in [5.74, 6) is 0.879. The van der Waals surface area contributed by atoms with Crippen LogP contribution >= 0.6 is 0 Å². The third kappa shape index (κ3) is 3.45. The number of aromatic nitrogens is 3. The highest BCUT2D eigenvalue weighted by Gasteiger charge is 2.41. The molecule has 1 aliphatic carbocycles. The van der Waals surface area contributed by atoms with Gasteiger partial charge in [-0.05, 0) is 44.6 Å². The summed E-state index contributed by atoms with van der Waals surface area (Å²) in [7, 11) is 0. The standard InChI is InChI=1S/C21H28N6O2/c28-20(18-8-4-12-27(18)21(29)23-14-5-1-2-6-14)26-11-3-7-17(26)19-24-15-9-10-22-13-16(15)25-19/h9-10,13-14,17-18H,1-8,11-12H2,(H,23,29)(H,24,25). The topological polar surface area (TPSA) is 94.2 Å². The Labute approximate surface area is 170 Å². The Bertz CT molecular complexity index is 872. The van der Waals surface area contributed by atoms with Crippen LogP contribution in [0, 0.1) is 0 Å². The molecule has 2 atom stereocenters. The molecular weight excluding hydrogens is 368 g/mol. The average molecular weight is 396 g/mol. The van der Waals surface area contributed by atoms with Crippen molar-refractivity contribution in [2.24, 2.45) is 0 Å². The number of hydrogen-bond donors (Lipinski definition) is 2. The van der Waals surface area contributed by atoms with Crippen LogP contribution in [0.5, 0.6) is 0 Å². The second kappa shape index (κ2) is 7.65. The molecule has 2 unspecified atom stereocenters. The highest BCUT2D eigenvalue weighted by atomic mass is 16.2. The number of amides is 3. The van der Waals surface area contributed by atoms with Crippen molar-refractivity contribution in [1.29, 1.82) is 0 Å².